The van der Waals surface area contributed by atoms with E-state index in [1.54, 1.807) is 0 Å². The average Bonchev–Trinajstić information content (AvgIpc) is 1.87. The van der Waals surface area contributed by atoms with Gasteiger partial charge in [-0.25, -0.2) is 13.6 Å². The van der Waals surface area contributed by atoms with Crippen LogP contribution in [0, 0.1) is 0 Å². The van der Waals surface area contributed by atoms with Gasteiger partial charge in [0.2, 0.25) is 0 Å². The van der Waals surface area contributed by atoms with E-state index in [4.69, 9.17) is 5.53 Å². The maximum atomic E-state index is 11.8. The number of nitrogens with zero attached hydrogens (tertiary/aromatic N) is 2. The number of carbonyl (C=O) groups is 1. The zero-order chi connectivity index (χ0) is 8.85. The molecule has 0 rings (SSSR count). The van der Waals surface area contributed by atoms with Crippen LogP contribution in [0.5, 0.6) is 0 Å². The van der Waals surface area contributed by atoms with Crippen molar-refractivity contribution < 1.29 is 27.5 Å². The summed E-state index contributed by atoms with van der Waals surface area (Å²) < 4.78 is 37.7. The predicted molar refractivity (Wildman–Crippen MR) is 26.7 cm³/mol. The molecule has 0 aromatic carbocycles. The van der Waals surface area contributed by atoms with Crippen LogP contribution < -0.4 is 0 Å². The van der Waals surface area contributed by atoms with E-state index in [1.165, 1.54) is 0 Å². The number of esters is 1. The molecule has 0 aliphatic carbocycles. The quantitative estimate of drug-likeness (QED) is 0.265. The van der Waals surface area contributed by atoms with Gasteiger partial charge in [0, 0.05) is 0 Å². The SMILES string of the molecule is [N-]=[N+]=CC(=O)OC(F)C(F)F. The summed E-state index contributed by atoms with van der Waals surface area (Å²) in [6.07, 6.45) is -6.22. The maximum Gasteiger partial charge on any atom is 0.416 e. The molecular weight excluding hydrogens is 165 g/mol. The molecule has 0 aromatic heterocycles. The summed E-state index contributed by atoms with van der Waals surface area (Å²) in [5, 5.41) is 0. The lowest BCUT2D eigenvalue weighted by atomic mass is 10.7. The Bertz CT molecular complexity index is 190. The van der Waals surface area contributed by atoms with Crippen molar-refractivity contribution in [3.05, 3.63) is 5.53 Å². The number of halogens is 3. The Hall–Kier alpha value is -1.36. The molecule has 0 saturated heterocycles. The number of carbonyl (C=O) groups excluding carboxylic acids is 1. The molecule has 0 fully saturated rings. The van der Waals surface area contributed by atoms with E-state index >= 15 is 0 Å². The molecule has 0 bridgehead atoms. The van der Waals surface area contributed by atoms with E-state index in [1.807, 2.05) is 0 Å². The molecule has 0 saturated carbocycles. The van der Waals surface area contributed by atoms with Crippen molar-refractivity contribution >= 4 is 12.2 Å². The molecule has 7 heteroatoms. The molecule has 0 N–H and O–H groups in total. The maximum absolute atomic E-state index is 11.8. The van der Waals surface area contributed by atoms with Gasteiger partial charge in [0.1, 0.15) is 0 Å². The average molecular weight is 168 g/mol. The van der Waals surface area contributed by atoms with Crippen LogP contribution in [0.15, 0.2) is 0 Å². The first-order valence-electron chi connectivity index (χ1n) is 2.38. The monoisotopic (exact) mass is 168 g/mol. The summed E-state index contributed by atoms with van der Waals surface area (Å²) in [4.78, 5) is 12.2. The normalized spacial score (nSPS) is 12.0. The van der Waals surface area contributed by atoms with E-state index in [-0.39, 0.29) is 6.21 Å². The first kappa shape index (κ1) is 9.64. The Morgan fingerprint density at radius 1 is 1.55 bits per heavy atom. The fourth-order valence-corrected chi connectivity index (χ4v) is 0.240. The lowest BCUT2D eigenvalue weighted by Gasteiger charge is -2.03. The summed E-state index contributed by atoms with van der Waals surface area (Å²) in [7, 11) is 0. The molecule has 0 aliphatic heterocycles. The van der Waals surface area contributed by atoms with Crippen LogP contribution >= 0.6 is 0 Å². The van der Waals surface area contributed by atoms with Crippen LogP contribution in [0.2, 0.25) is 0 Å². The van der Waals surface area contributed by atoms with Crippen LogP contribution in [0.3, 0.4) is 0 Å². The summed E-state index contributed by atoms with van der Waals surface area (Å²) in [6, 6.07) is 0. The van der Waals surface area contributed by atoms with Crippen molar-refractivity contribution in [3.63, 3.8) is 0 Å². The summed E-state index contributed by atoms with van der Waals surface area (Å²) >= 11 is 0. The van der Waals surface area contributed by atoms with E-state index in [0.29, 0.717) is 0 Å². The van der Waals surface area contributed by atoms with Crippen LogP contribution in [0.1, 0.15) is 0 Å². The molecule has 0 spiro atoms. The number of ether oxygens (including phenoxy) is 1. The van der Waals surface area contributed by atoms with Gasteiger partial charge in [0.15, 0.2) is 0 Å². The van der Waals surface area contributed by atoms with E-state index < -0.39 is 18.8 Å². The molecule has 1 unspecified atom stereocenters. The molecule has 0 aliphatic rings. The van der Waals surface area contributed by atoms with Crippen molar-refractivity contribution in [1.82, 2.24) is 0 Å². The number of rotatable bonds is 3. The van der Waals surface area contributed by atoms with Crippen molar-refractivity contribution in [2.24, 2.45) is 0 Å². The second-order valence-electron chi connectivity index (χ2n) is 1.37. The van der Waals surface area contributed by atoms with E-state index in [9.17, 15) is 18.0 Å². The van der Waals surface area contributed by atoms with Crippen LogP contribution in [0.25, 0.3) is 5.53 Å². The van der Waals surface area contributed by atoms with Crippen molar-refractivity contribution in [1.29, 1.82) is 0 Å². The van der Waals surface area contributed by atoms with Gasteiger partial charge in [-0.2, -0.15) is 9.18 Å². The molecule has 0 radical (unpaired) electrons. The van der Waals surface area contributed by atoms with Gasteiger partial charge in [-0.05, 0) is 0 Å². The third-order valence-electron chi connectivity index (χ3n) is 0.590. The third kappa shape index (κ3) is 4.10. The highest BCUT2D eigenvalue weighted by Gasteiger charge is 2.23. The van der Waals surface area contributed by atoms with Gasteiger partial charge in [-0.3, -0.25) is 0 Å². The Morgan fingerprint density at radius 2 is 2.09 bits per heavy atom. The van der Waals surface area contributed by atoms with E-state index in [2.05, 4.69) is 9.53 Å². The second kappa shape index (κ2) is 4.45. The largest absolute Gasteiger partial charge is 0.416 e. The van der Waals surface area contributed by atoms with Gasteiger partial charge < -0.3 is 10.3 Å². The number of alkyl halides is 3. The van der Waals surface area contributed by atoms with Gasteiger partial charge in [0.25, 0.3) is 0 Å². The topological polar surface area (TPSA) is 62.7 Å². The predicted octanol–water partition coefficient (Wildman–Crippen LogP) is 0.391. The molecule has 0 amide bonds. The van der Waals surface area contributed by atoms with Crippen molar-refractivity contribution in [2.75, 3.05) is 0 Å². The number of hydrogen-bond acceptors (Lipinski definition) is 2. The molecule has 0 heterocycles. The zero-order valence-corrected chi connectivity index (χ0v) is 5.08. The first-order valence-corrected chi connectivity index (χ1v) is 2.38. The molecule has 11 heavy (non-hydrogen) atoms. The Kier molecular flexibility index (Phi) is 3.90. The molecule has 4 nitrogen and oxygen atoms in total. The van der Waals surface area contributed by atoms with Crippen LogP contribution in [0.4, 0.5) is 13.2 Å². The molecule has 1 atom stereocenters. The Labute approximate surface area is 59.2 Å². The smallest absolute Gasteiger partial charge is 0.416 e. The lowest BCUT2D eigenvalue weighted by Crippen LogP contribution is -2.21. The first-order chi connectivity index (χ1) is 5.07. The highest BCUT2D eigenvalue weighted by atomic mass is 19.3. The minimum Gasteiger partial charge on any atom is -0.416 e. The summed E-state index contributed by atoms with van der Waals surface area (Å²) in [5.41, 5.74) is 7.65. The van der Waals surface area contributed by atoms with Gasteiger partial charge in [-0.15, -0.1) is 0 Å². The fourth-order valence-electron chi connectivity index (χ4n) is 0.240. The second-order valence-corrected chi connectivity index (χ2v) is 1.37. The van der Waals surface area contributed by atoms with Crippen LogP contribution in [-0.4, -0.2) is 29.8 Å². The highest BCUT2D eigenvalue weighted by molar-refractivity contribution is 6.20. The minimum absolute atomic E-state index is 0.162. The van der Waals surface area contributed by atoms with Gasteiger partial charge >= 0.3 is 25.0 Å². The zero-order valence-electron chi connectivity index (χ0n) is 5.08. The standard InChI is InChI=1S/C4H3F3N2O2/c5-3(6)4(7)11-2(10)1-9-8/h1,3-4H. The van der Waals surface area contributed by atoms with Crippen LogP contribution in [-0.2, 0) is 9.53 Å². The summed E-state index contributed by atoms with van der Waals surface area (Å²) in [6.45, 7) is 0. The van der Waals surface area contributed by atoms with Gasteiger partial charge in [0.05, 0.1) is 0 Å². The molecule has 0 aromatic rings. The lowest BCUT2D eigenvalue weighted by molar-refractivity contribution is -0.168. The Balaban J connectivity index is 3.84. The Morgan fingerprint density at radius 3 is 2.45 bits per heavy atom. The summed E-state index contributed by atoms with van der Waals surface area (Å²) in [5.74, 6) is -1.47. The number of hydrogen-bond donors (Lipinski definition) is 0. The molecule has 62 valence electrons. The third-order valence-corrected chi connectivity index (χ3v) is 0.590. The van der Waals surface area contributed by atoms with Crippen molar-refractivity contribution in [2.45, 2.75) is 12.8 Å². The van der Waals surface area contributed by atoms with Crippen molar-refractivity contribution in [3.8, 4) is 0 Å². The van der Waals surface area contributed by atoms with Gasteiger partial charge in [-0.1, -0.05) is 0 Å². The van der Waals surface area contributed by atoms with E-state index in [0.717, 1.165) is 0 Å². The molecular formula is C4H3F3N2O2. The fraction of sp³-hybridized carbons (Fsp3) is 0.500. The minimum atomic E-state index is -3.40. The highest BCUT2D eigenvalue weighted by Crippen LogP contribution is 2.05.